The van der Waals surface area contributed by atoms with Crippen LogP contribution in [-0.2, 0) is 6.54 Å². The molecular formula is C16H17N5O2S. The molecule has 24 heavy (non-hydrogen) atoms. The van der Waals surface area contributed by atoms with Gasteiger partial charge in [-0.05, 0) is 46.9 Å². The van der Waals surface area contributed by atoms with Gasteiger partial charge in [-0.25, -0.2) is 4.63 Å². The quantitative estimate of drug-likeness (QED) is 0.762. The minimum Gasteiger partial charge on any atom is -0.351 e. The van der Waals surface area contributed by atoms with Gasteiger partial charge < -0.3 is 5.32 Å². The van der Waals surface area contributed by atoms with Crippen LogP contribution in [0.3, 0.4) is 0 Å². The van der Waals surface area contributed by atoms with Crippen molar-refractivity contribution in [3.63, 3.8) is 0 Å². The third-order valence-corrected chi connectivity index (χ3v) is 5.07. The van der Waals surface area contributed by atoms with E-state index in [0.29, 0.717) is 17.3 Å². The molecule has 0 unspecified atom stereocenters. The number of hydrogen-bond acceptors (Lipinski definition) is 7. The van der Waals surface area contributed by atoms with E-state index in [1.807, 2.05) is 12.1 Å². The Morgan fingerprint density at radius 3 is 3.17 bits per heavy atom. The Kier molecular flexibility index (Phi) is 4.22. The second-order valence-electron chi connectivity index (χ2n) is 6.05. The normalized spacial score (nSPS) is 18.2. The lowest BCUT2D eigenvalue weighted by Gasteiger charge is -2.16. The molecule has 1 fully saturated rings. The molecule has 124 valence electrons. The average Bonchev–Trinajstić information content (AvgIpc) is 3.33. The number of nitrogens with one attached hydrogen (secondary N) is 1. The van der Waals surface area contributed by atoms with Crippen molar-refractivity contribution in [2.75, 3.05) is 19.6 Å². The molecular weight excluding hydrogens is 326 g/mol. The molecule has 7 nitrogen and oxygen atoms in total. The van der Waals surface area contributed by atoms with Gasteiger partial charge in [0.1, 0.15) is 15.9 Å². The van der Waals surface area contributed by atoms with E-state index in [2.05, 4.69) is 31.6 Å². The molecule has 0 aliphatic carbocycles. The lowest BCUT2D eigenvalue weighted by Crippen LogP contribution is -2.30. The minimum absolute atomic E-state index is 0.0278. The Bertz CT molecular complexity index is 832. The number of nitrogens with zero attached hydrogens (tertiary/aromatic N) is 4. The number of carbonyl (C=O) groups excluding carboxylic acids is 1. The molecule has 3 heterocycles. The van der Waals surface area contributed by atoms with Gasteiger partial charge in [-0.1, -0.05) is 6.07 Å². The average molecular weight is 343 g/mol. The first-order valence-electron chi connectivity index (χ1n) is 7.88. The first-order chi connectivity index (χ1) is 11.8. The molecule has 1 aliphatic heterocycles. The third kappa shape index (κ3) is 3.29. The molecule has 1 aliphatic rings. The summed E-state index contributed by atoms with van der Waals surface area (Å²) in [6, 6.07) is 6.01. The van der Waals surface area contributed by atoms with Crippen molar-refractivity contribution in [3.8, 4) is 0 Å². The Morgan fingerprint density at radius 2 is 2.29 bits per heavy atom. The topological polar surface area (TPSA) is 84.2 Å². The molecule has 0 spiro atoms. The number of benzene rings is 1. The molecule has 8 heteroatoms. The van der Waals surface area contributed by atoms with E-state index in [0.717, 1.165) is 37.1 Å². The summed E-state index contributed by atoms with van der Waals surface area (Å²) in [4.78, 5) is 19.0. The number of likely N-dealkylation sites (tertiary alicyclic amines) is 1. The molecule has 0 saturated carbocycles. The van der Waals surface area contributed by atoms with Crippen LogP contribution in [-0.4, -0.2) is 45.7 Å². The molecule has 1 amide bonds. The van der Waals surface area contributed by atoms with E-state index in [-0.39, 0.29) is 5.91 Å². The van der Waals surface area contributed by atoms with Crippen molar-refractivity contribution in [1.29, 1.82) is 0 Å². The maximum atomic E-state index is 12.0. The monoisotopic (exact) mass is 343 g/mol. The van der Waals surface area contributed by atoms with Crippen molar-refractivity contribution in [3.05, 3.63) is 40.3 Å². The second-order valence-corrected chi connectivity index (χ2v) is 6.94. The van der Waals surface area contributed by atoms with Crippen molar-refractivity contribution in [1.82, 2.24) is 25.5 Å². The van der Waals surface area contributed by atoms with Gasteiger partial charge in [-0.15, -0.1) is 11.3 Å². The first kappa shape index (κ1) is 15.2. The third-order valence-electron chi connectivity index (χ3n) is 4.30. The standard InChI is InChI=1S/C16H17N5O2S/c22-16(15-7-17-10-24-15)18-6-12-3-4-21(9-12)8-11-1-2-13-14(5-11)20-23-19-13/h1-2,5,7,10,12H,3-4,6,8-9H2,(H,18,22)/t12-/m1/s1. The van der Waals surface area contributed by atoms with Crippen molar-refractivity contribution >= 4 is 28.3 Å². The maximum absolute atomic E-state index is 12.0. The molecule has 1 N–H and O–H groups in total. The Balaban J connectivity index is 1.29. The maximum Gasteiger partial charge on any atom is 0.263 e. The van der Waals surface area contributed by atoms with E-state index in [1.54, 1.807) is 11.7 Å². The van der Waals surface area contributed by atoms with Crippen LogP contribution in [0.4, 0.5) is 0 Å². The fourth-order valence-electron chi connectivity index (χ4n) is 3.06. The SMILES string of the molecule is O=C(NC[C@H]1CCN(Cc2ccc3nonc3c2)C1)c1cncs1. The fourth-order valence-corrected chi connectivity index (χ4v) is 3.60. The number of hydrogen-bond donors (Lipinski definition) is 1. The van der Waals surface area contributed by atoms with Crippen LogP contribution in [0.1, 0.15) is 21.7 Å². The molecule has 4 rings (SSSR count). The summed E-state index contributed by atoms with van der Waals surface area (Å²) in [5.41, 5.74) is 4.45. The van der Waals surface area contributed by atoms with E-state index in [9.17, 15) is 4.79 Å². The smallest absolute Gasteiger partial charge is 0.263 e. The molecule has 1 aromatic carbocycles. The summed E-state index contributed by atoms with van der Waals surface area (Å²) >= 11 is 1.37. The number of thiazole rings is 1. The molecule has 0 radical (unpaired) electrons. The first-order valence-corrected chi connectivity index (χ1v) is 8.76. The van der Waals surface area contributed by atoms with Crippen molar-refractivity contribution < 1.29 is 9.42 Å². The summed E-state index contributed by atoms with van der Waals surface area (Å²) in [6.45, 7) is 3.61. The highest BCUT2D eigenvalue weighted by Crippen LogP contribution is 2.20. The number of carbonyl (C=O) groups is 1. The lowest BCUT2D eigenvalue weighted by atomic mass is 10.1. The molecule has 2 aromatic heterocycles. The number of rotatable bonds is 5. The fraction of sp³-hybridized carbons (Fsp3) is 0.375. The van der Waals surface area contributed by atoms with Crippen molar-refractivity contribution in [2.45, 2.75) is 13.0 Å². The van der Waals surface area contributed by atoms with E-state index in [1.165, 1.54) is 16.9 Å². The van der Waals surface area contributed by atoms with Crippen LogP contribution in [0.25, 0.3) is 11.0 Å². The minimum atomic E-state index is -0.0278. The summed E-state index contributed by atoms with van der Waals surface area (Å²) in [5.74, 6) is 0.458. The van der Waals surface area contributed by atoms with Gasteiger partial charge in [0.15, 0.2) is 0 Å². The Morgan fingerprint density at radius 1 is 1.38 bits per heavy atom. The van der Waals surface area contributed by atoms with E-state index < -0.39 is 0 Å². The second kappa shape index (κ2) is 6.66. The highest BCUT2D eigenvalue weighted by atomic mass is 32.1. The Labute approximate surface area is 142 Å². The highest BCUT2D eigenvalue weighted by Gasteiger charge is 2.23. The van der Waals surface area contributed by atoms with Crippen LogP contribution in [0.2, 0.25) is 0 Å². The Hall–Kier alpha value is -2.32. The van der Waals surface area contributed by atoms with Gasteiger partial charge in [0, 0.05) is 19.6 Å². The van der Waals surface area contributed by atoms with Crippen LogP contribution in [0, 0.1) is 5.92 Å². The largest absolute Gasteiger partial charge is 0.351 e. The van der Waals surface area contributed by atoms with Gasteiger partial charge in [0.05, 0.1) is 11.7 Å². The predicted molar refractivity (Wildman–Crippen MR) is 89.6 cm³/mol. The molecule has 3 aromatic rings. The van der Waals surface area contributed by atoms with Crippen LogP contribution >= 0.6 is 11.3 Å². The van der Waals surface area contributed by atoms with Gasteiger partial charge in [-0.3, -0.25) is 14.7 Å². The van der Waals surface area contributed by atoms with Crippen LogP contribution in [0.5, 0.6) is 0 Å². The summed E-state index contributed by atoms with van der Waals surface area (Å²) in [6.07, 6.45) is 2.70. The molecule has 0 bridgehead atoms. The van der Waals surface area contributed by atoms with Gasteiger partial charge in [0.25, 0.3) is 5.91 Å². The zero-order valence-corrected chi connectivity index (χ0v) is 13.8. The molecule has 1 atom stereocenters. The number of fused-ring (bicyclic) bond motifs is 1. The van der Waals surface area contributed by atoms with E-state index in [4.69, 9.17) is 4.63 Å². The van der Waals surface area contributed by atoms with Crippen LogP contribution < -0.4 is 5.32 Å². The van der Waals surface area contributed by atoms with Gasteiger partial charge >= 0.3 is 0 Å². The predicted octanol–water partition coefficient (Wildman–Crippen LogP) is 1.93. The number of aromatic nitrogens is 3. The van der Waals surface area contributed by atoms with Crippen LogP contribution in [0.15, 0.2) is 34.5 Å². The zero-order chi connectivity index (χ0) is 16.4. The summed E-state index contributed by atoms with van der Waals surface area (Å²) in [5, 5.41) is 10.7. The zero-order valence-electron chi connectivity index (χ0n) is 13.0. The lowest BCUT2D eigenvalue weighted by molar-refractivity contribution is 0.0951. The molecule has 1 saturated heterocycles. The van der Waals surface area contributed by atoms with Gasteiger partial charge in [-0.2, -0.15) is 0 Å². The van der Waals surface area contributed by atoms with Gasteiger partial charge in [0.2, 0.25) is 0 Å². The highest BCUT2D eigenvalue weighted by molar-refractivity contribution is 7.11. The van der Waals surface area contributed by atoms with E-state index >= 15 is 0 Å². The summed E-state index contributed by atoms with van der Waals surface area (Å²) in [7, 11) is 0. The number of amides is 1. The summed E-state index contributed by atoms with van der Waals surface area (Å²) < 4.78 is 4.73. The van der Waals surface area contributed by atoms with Crippen molar-refractivity contribution in [2.24, 2.45) is 5.92 Å².